The zero-order valence-corrected chi connectivity index (χ0v) is 17.2. The number of nitrogens with zero attached hydrogens (tertiary/aromatic N) is 6. The van der Waals surface area contributed by atoms with E-state index in [4.69, 9.17) is 0 Å². The lowest BCUT2D eigenvalue weighted by molar-refractivity contribution is 0.135. The van der Waals surface area contributed by atoms with Crippen LogP contribution in [0.3, 0.4) is 0 Å². The van der Waals surface area contributed by atoms with Crippen molar-refractivity contribution in [3.8, 4) is 0 Å². The predicted octanol–water partition coefficient (Wildman–Crippen LogP) is 3.52. The number of rotatable bonds is 6. The second-order valence-corrected chi connectivity index (χ2v) is 7.98. The van der Waals surface area contributed by atoms with Gasteiger partial charge in [0.1, 0.15) is 11.6 Å². The topological polar surface area (TPSA) is 50.1 Å². The number of para-hydroxylation sites is 1. The Labute approximate surface area is 175 Å². The van der Waals surface area contributed by atoms with E-state index in [0.29, 0.717) is 18.2 Å². The lowest BCUT2D eigenvalue weighted by atomic mass is 10.0. The Bertz CT molecular complexity index is 964. The molecule has 158 valence electrons. The highest BCUT2D eigenvalue weighted by molar-refractivity contribution is 5.48. The van der Waals surface area contributed by atoms with Gasteiger partial charge in [0.15, 0.2) is 5.82 Å². The Kier molecular flexibility index (Phi) is 6.03. The number of hydrogen-bond acceptors (Lipinski definition) is 5. The van der Waals surface area contributed by atoms with Crippen molar-refractivity contribution in [2.75, 3.05) is 31.1 Å². The third-order valence-corrected chi connectivity index (χ3v) is 5.60. The van der Waals surface area contributed by atoms with E-state index in [1.54, 1.807) is 22.9 Å². The van der Waals surface area contributed by atoms with Gasteiger partial charge in [-0.1, -0.05) is 38.1 Å². The molecule has 1 atom stereocenters. The molecule has 1 aliphatic rings. The van der Waals surface area contributed by atoms with Crippen LogP contribution in [0.15, 0.2) is 48.5 Å². The molecule has 0 spiro atoms. The summed E-state index contributed by atoms with van der Waals surface area (Å²) in [5.41, 5.74) is 1.59. The maximum Gasteiger partial charge on any atom is 0.169 e. The third kappa shape index (κ3) is 4.33. The molecule has 4 rings (SSSR count). The van der Waals surface area contributed by atoms with Gasteiger partial charge in [0.25, 0.3) is 0 Å². The first kappa shape index (κ1) is 20.4. The van der Waals surface area contributed by atoms with Gasteiger partial charge < -0.3 is 4.90 Å². The largest absolute Gasteiger partial charge is 0.367 e. The summed E-state index contributed by atoms with van der Waals surface area (Å²) in [6.45, 7) is 7.87. The lowest BCUT2D eigenvalue weighted by Crippen LogP contribution is -2.49. The van der Waals surface area contributed by atoms with Crippen LogP contribution in [0.1, 0.15) is 31.3 Å². The normalized spacial score (nSPS) is 16.2. The van der Waals surface area contributed by atoms with Gasteiger partial charge in [0.2, 0.25) is 0 Å². The van der Waals surface area contributed by atoms with Crippen molar-refractivity contribution in [3.63, 3.8) is 0 Å². The van der Waals surface area contributed by atoms with Crippen molar-refractivity contribution in [2.45, 2.75) is 26.4 Å². The van der Waals surface area contributed by atoms with Gasteiger partial charge >= 0.3 is 0 Å². The zero-order valence-electron chi connectivity index (χ0n) is 17.2. The van der Waals surface area contributed by atoms with Crippen LogP contribution in [0, 0.1) is 17.6 Å². The van der Waals surface area contributed by atoms with Crippen LogP contribution in [0.5, 0.6) is 0 Å². The van der Waals surface area contributed by atoms with Gasteiger partial charge in [-0.15, -0.1) is 5.10 Å². The summed E-state index contributed by atoms with van der Waals surface area (Å²) in [5, 5.41) is 12.4. The number of aromatic nitrogens is 4. The molecule has 30 heavy (non-hydrogen) atoms. The van der Waals surface area contributed by atoms with Crippen LogP contribution >= 0.6 is 0 Å². The van der Waals surface area contributed by atoms with Crippen molar-refractivity contribution < 1.29 is 8.78 Å². The Morgan fingerprint density at radius 1 is 0.933 bits per heavy atom. The van der Waals surface area contributed by atoms with Crippen LogP contribution in [0.2, 0.25) is 0 Å². The summed E-state index contributed by atoms with van der Waals surface area (Å²) in [7, 11) is 0. The molecule has 1 aliphatic heterocycles. The minimum atomic E-state index is -0.261. The number of halogens is 2. The molecule has 1 aromatic heterocycles. The molecule has 0 unspecified atom stereocenters. The molecule has 1 saturated heterocycles. The van der Waals surface area contributed by atoms with Crippen LogP contribution in [-0.2, 0) is 6.54 Å². The van der Waals surface area contributed by atoms with Gasteiger partial charge in [0, 0.05) is 26.2 Å². The summed E-state index contributed by atoms with van der Waals surface area (Å²) in [4.78, 5) is 4.46. The van der Waals surface area contributed by atoms with Crippen LogP contribution in [0.4, 0.5) is 14.5 Å². The molecule has 0 radical (unpaired) electrons. The molecule has 8 heteroatoms. The first-order chi connectivity index (χ1) is 14.5. The number of benzene rings is 2. The van der Waals surface area contributed by atoms with Crippen LogP contribution < -0.4 is 4.90 Å². The van der Waals surface area contributed by atoms with Gasteiger partial charge in [-0.05, 0) is 46.2 Å². The maximum atomic E-state index is 14.2. The second-order valence-electron chi connectivity index (χ2n) is 7.98. The monoisotopic (exact) mass is 412 g/mol. The van der Waals surface area contributed by atoms with Crippen molar-refractivity contribution in [1.29, 1.82) is 0 Å². The Hall–Kier alpha value is -2.87. The minimum Gasteiger partial charge on any atom is -0.367 e. The van der Waals surface area contributed by atoms with E-state index >= 15 is 0 Å². The molecule has 0 aliphatic carbocycles. The fraction of sp³-hybridized carbons (Fsp3) is 0.409. The van der Waals surface area contributed by atoms with Gasteiger partial charge in [-0.25, -0.2) is 13.5 Å². The highest BCUT2D eigenvalue weighted by atomic mass is 19.1. The van der Waals surface area contributed by atoms with Crippen LogP contribution in [0.25, 0.3) is 0 Å². The minimum absolute atomic E-state index is 0.0446. The first-order valence-electron chi connectivity index (χ1n) is 10.3. The highest BCUT2D eigenvalue weighted by Gasteiger charge is 2.31. The molecular formula is C22H26F2N6. The van der Waals surface area contributed by atoms with Gasteiger partial charge in [0.05, 0.1) is 18.3 Å². The fourth-order valence-electron chi connectivity index (χ4n) is 4.13. The zero-order chi connectivity index (χ0) is 21.1. The quantitative estimate of drug-likeness (QED) is 0.620. The summed E-state index contributed by atoms with van der Waals surface area (Å²) in [6.07, 6.45) is 0. The van der Waals surface area contributed by atoms with Crippen molar-refractivity contribution in [2.24, 2.45) is 5.92 Å². The average Bonchev–Trinajstić information content (AvgIpc) is 3.18. The van der Waals surface area contributed by atoms with Crippen LogP contribution in [-0.4, -0.2) is 51.3 Å². The molecule has 2 aromatic carbocycles. The van der Waals surface area contributed by atoms with E-state index in [1.807, 2.05) is 12.1 Å². The Morgan fingerprint density at radius 3 is 2.30 bits per heavy atom. The molecule has 2 heterocycles. The first-order valence-corrected chi connectivity index (χ1v) is 10.3. The van der Waals surface area contributed by atoms with E-state index < -0.39 is 0 Å². The fourth-order valence-corrected chi connectivity index (χ4v) is 4.13. The van der Waals surface area contributed by atoms with E-state index in [-0.39, 0.29) is 17.7 Å². The summed E-state index contributed by atoms with van der Waals surface area (Å²) in [5.74, 6) is 0.648. The van der Waals surface area contributed by atoms with Crippen molar-refractivity contribution >= 4 is 5.69 Å². The van der Waals surface area contributed by atoms with E-state index in [0.717, 1.165) is 37.6 Å². The predicted molar refractivity (Wildman–Crippen MR) is 111 cm³/mol. The summed E-state index contributed by atoms with van der Waals surface area (Å²) in [6, 6.07) is 13.3. The smallest absolute Gasteiger partial charge is 0.169 e. The molecule has 0 N–H and O–H groups in total. The molecular weight excluding hydrogens is 386 g/mol. The molecule has 6 nitrogen and oxygen atoms in total. The van der Waals surface area contributed by atoms with E-state index in [2.05, 4.69) is 39.2 Å². The van der Waals surface area contributed by atoms with Gasteiger partial charge in [-0.2, -0.15) is 0 Å². The van der Waals surface area contributed by atoms with Crippen molar-refractivity contribution in [1.82, 2.24) is 25.1 Å². The lowest BCUT2D eigenvalue weighted by Gasteiger charge is -2.41. The Morgan fingerprint density at radius 2 is 1.63 bits per heavy atom. The third-order valence-electron chi connectivity index (χ3n) is 5.60. The maximum absolute atomic E-state index is 14.2. The number of piperazine rings is 1. The second kappa shape index (κ2) is 8.87. The Balaban J connectivity index is 1.50. The molecule has 0 bridgehead atoms. The standard InChI is InChI=1S/C22H26F2N6/c1-16(2)21(22-25-26-27-30(22)15-17-7-9-18(23)10-8-17)29-13-11-28(12-14-29)20-6-4-3-5-19(20)24/h3-10,16,21H,11-15H2,1-2H3/t21-/m0/s1. The molecule has 3 aromatic rings. The summed E-state index contributed by atoms with van der Waals surface area (Å²) >= 11 is 0. The molecule has 0 saturated carbocycles. The van der Waals surface area contributed by atoms with E-state index in [1.165, 1.54) is 18.2 Å². The average molecular weight is 412 g/mol. The number of tetrazole rings is 1. The highest BCUT2D eigenvalue weighted by Crippen LogP contribution is 2.29. The number of anilines is 1. The number of hydrogen-bond donors (Lipinski definition) is 0. The summed E-state index contributed by atoms with van der Waals surface area (Å²) < 4.78 is 29.2. The van der Waals surface area contributed by atoms with Gasteiger partial charge in [-0.3, -0.25) is 4.90 Å². The van der Waals surface area contributed by atoms with E-state index in [9.17, 15) is 8.78 Å². The SMILES string of the molecule is CC(C)[C@@H](c1nnnn1Cc1ccc(F)cc1)N1CCN(c2ccccc2F)CC1. The molecule has 1 fully saturated rings. The molecule has 0 amide bonds. The van der Waals surface area contributed by atoms with Crippen molar-refractivity contribution in [3.05, 3.63) is 71.6 Å².